The third kappa shape index (κ3) is 6.10. The first-order valence-electron chi connectivity index (χ1n) is 12.3. The molecule has 2 aliphatic rings. The van der Waals surface area contributed by atoms with Gasteiger partial charge in [0.25, 0.3) is 11.8 Å². The molecule has 1 N–H and O–H groups in total. The number of rotatable bonds is 8. The van der Waals surface area contributed by atoms with E-state index in [-0.39, 0.29) is 30.4 Å². The molecule has 0 radical (unpaired) electrons. The summed E-state index contributed by atoms with van der Waals surface area (Å²) in [5, 5.41) is 2.93. The van der Waals surface area contributed by atoms with Gasteiger partial charge in [-0.1, -0.05) is 81.4 Å². The minimum Gasteiger partial charge on any atom is -0.493 e. The monoisotopic (exact) mass is 524 g/mol. The highest BCUT2D eigenvalue weighted by atomic mass is 32.2. The number of hydrogen-bond acceptors (Lipinski definition) is 6. The van der Waals surface area contributed by atoms with E-state index in [0.29, 0.717) is 20.7 Å². The third-order valence-electron chi connectivity index (χ3n) is 6.46. The Bertz CT molecular complexity index is 1170. The minimum absolute atomic E-state index is 0.0189. The second-order valence-electron chi connectivity index (χ2n) is 9.33. The van der Waals surface area contributed by atoms with Crippen molar-refractivity contribution in [3.63, 3.8) is 0 Å². The van der Waals surface area contributed by atoms with Crippen molar-refractivity contribution in [2.45, 2.75) is 57.9 Å². The van der Waals surface area contributed by atoms with Gasteiger partial charge in [0.05, 0.1) is 12.0 Å². The standard InChI is InChI=1S/C28H32N2O4S2/c1-18(2)21-11-7-8-12-22(21)29-26(31)17-34-23-14-13-19(15-24(23)33-3)16-25-27(32)30(28(35)36-25)20-9-5-4-6-10-20/h7-8,11-16,18,20H,4-6,9-10,17H2,1-3H3,(H,29,31)/b25-16+. The Balaban J connectivity index is 1.42. The van der Waals surface area contributed by atoms with Gasteiger partial charge in [-0.25, -0.2) is 0 Å². The highest BCUT2D eigenvalue weighted by molar-refractivity contribution is 8.26. The number of ether oxygens (including phenoxy) is 2. The largest absolute Gasteiger partial charge is 0.493 e. The number of methoxy groups -OCH3 is 1. The fourth-order valence-electron chi connectivity index (χ4n) is 4.62. The van der Waals surface area contributed by atoms with Crippen molar-refractivity contribution >= 4 is 51.9 Å². The number of thiocarbonyl (C=S) groups is 1. The van der Waals surface area contributed by atoms with Crippen LogP contribution in [0, 0.1) is 0 Å². The van der Waals surface area contributed by atoms with Crippen LogP contribution in [0.3, 0.4) is 0 Å². The molecule has 1 saturated heterocycles. The molecule has 0 spiro atoms. The number of benzene rings is 2. The smallest absolute Gasteiger partial charge is 0.266 e. The van der Waals surface area contributed by atoms with Crippen LogP contribution in [0.25, 0.3) is 6.08 Å². The first-order chi connectivity index (χ1) is 17.4. The summed E-state index contributed by atoms with van der Waals surface area (Å²) in [5.74, 6) is 0.965. The molecule has 1 aliphatic carbocycles. The van der Waals surface area contributed by atoms with Crippen LogP contribution in [0.4, 0.5) is 5.69 Å². The molecular formula is C28H32N2O4S2. The molecule has 8 heteroatoms. The highest BCUT2D eigenvalue weighted by Gasteiger charge is 2.37. The number of nitrogens with zero attached hydrogens (tertiary/aromatic N) is 1. The Hall–Kier alpha value is -2.84. The van der Waals surface area contributed by atoms with E-state index >= 15 is 0 Å². The molecule has 0 bridgehead atoms. The maximum Gasteiger partial charge on any atom is 0.266 e. The van der Waals surface area contributed by atoms with E-state index in [1.165, 1.54) is 18.2 Å². The molecule has 1 heterocycles. The lowest BCUT2D eigenvalue weighted by atomic mass is 9.94. The summed E-state index contributed by atoms with van der Waals surface area (Å²) in [5.41, 5.74) is 2.66. The molecule has 0 aromatic heterocycles. The second kappa shape index (κ2) is 11.9. The fraction of sp³-hybridized carbons (Fsp3) is 0.393. The van der Waals surface area contributed by atoms with Crippen LogP contribution in [0.5, 0.6) is 11.5 Å². The van der Waals surface area contributed by atoms with Gasteiger partial charge in [-0.05, 0) is 54.2 Å². The Labute approximate surface area is 222 Å². The van der Waals surface area contributed by atoms with Gasteiger partial charge < -0.3 is 14.8 Å². The van der Waals surface area contributed by atoms with E-state index in [9.17, 15) is 9.59 Å². The van der Waals surface area contributed by atoms with E-state index in [1.54, 1.807) is 24.1 Å². The topological polar surface area (TPSA) is 67.9 Å². The molecule has 190 valence electrons. The van der Waals surface area contributed by atoms with Crippen molar-refractivity contribution in [1.29, 1.82) is 0 Å². The zero-order valence-corrected chi connectivity index (χ0v) is 22.5. The Morgan fingerprint density at radius 2 is 1.92 bits per heavy atom. The van der Waals surface area contributed by atoms with Crippen molar-refractivity contribution in [2.75, 3.05) is 19.0 Å². The fourth-order valence-corrected chi connectivity index (χ4v) is 6.02. The Morgan fingerprint density at radius 3 is 2.64 bits per heavy atom. The first-order valence-corrected chi connectivity index (χ1v) is 13.6. The van der Waals surface area contributed by atoms with Crippen LogP contribution >= 0.6 is 24.0 Å². The van der Waals surface area contributed by atoms with Crippen LogP contribution in [-0.4, -0.2) is 40.8 Å². The van der Waals surface area contributed by atoms with Crippen molar-refractivity contribution in [3.8, 4) is 11.5 Å². The van der Waals surface area contributed by atoms with Gasteiger partial charge in [0, 0.05) is 11.7 Å². The van der Waals surface area contributed by atoms with Gasteiger partial charge in [-0.2, -0.15) is 0 Å². The molecule has 6 nitrogen and oxygen atoms in total. The second-order valence-corrected chi connectivity index (χ2v) is 11.0. The summed E-state index contributed by atoms with van der Waals surface area (Å²) in [7, 11) is 1.55. The third-order valence-corrected chi connectivity index (χ3v) is 7.79. The van der Waals surface area contributed by atoms with Crippen molar-refractivity contribution in [2.24, 2.45) is 0 Å². The number of thioether (sulfide) groups is 1. The number of carbonyl (C=O) groups excluding carboxylic acids is 2. The van der Waals surface area contributed by atoms with E-state index in [4.69, 9.17) is 21.7 Å². The van der Waals surface area contributed by atoms with Gasteiger partial charge in [-0.3, -0.25) is 14.5 Å². The summed E-state index contributed by atoms with van der Waals surface area (Å²) < 4.78 is 11.9. The summed E-state index contributed by atoms with van der Waals surface area (Å²) in [4.78, 5) is 28.0. The molecule has 2 aromatic carbocycles. The molecular weight excluding hydrogens is 492 g/mol. The number of hydrogen-bond donors (Lipinski definition) is 1. The van der Waals surface area contributed by atoms with Crippen LogP contribution in [0.1, 0.15) is 63.0 Å². The Kier molecular flexibility index (Phi) is 8.69. The van der Waals surface area contributed by atoms with Crippen LogP contribution in [-0.2, 0) is 9.59 Å². The zero-order valence-electron chi connectivity index (χ0n) is 20.9. The first kappa shape index (κ1) is 26.2. The van der Waals surface area contributed by atoms with Crippen LogP contribution in [0.2, 0.25) is 0 Å². The number of nitrogens with one attached hydrogen (secondary N) is 1. The number of para-hydroxylation sites is 1. The lowest BCUT2D eigenvalue weighted by Gasteiger charge is -2.29. The zero-order chi connectivity index (χ0) is 25.7. The molecule has 2 amide bonds. The summed E-state index contributed by atoms with van der Waals surface area (Å²) in [6.45, 7) is 4.02. The maximum absolute atomic E-state index is 13.1. The molecule has 0 atom stereocenters. The molecule has 1 saturated carbocycles. The molecule has 2 aromatic rings. The van der Waals surface area contributed by atoms with E-state index in [0.717, 1.165) is 42.5 Å². The summed E-state index contributed by atoms with van der Waals surface area (Å²) in [6.07, 6.45) is 7.36. The van der Waals surface area contributed by atoms with E-state index < -0.39 is 0 Å². The van der Waals surface area contributed by atoms with Crippen molar-refractivity contribution in [1.82, 2.24) is 4.90 Å². The van der Waals surface area contributed by atoms with Gasteiger partial charge in [-0.15, -0.1) is 0 Å². The number of anilines is 1. The lowest BCUT2D eigenvalue weighted by molar-refractivity contribution is -0.124. The normalized spacial score (nSPS) is 17.7. The molecule has 0 unspecified atom stereocenters. The number of carbonyl (C=O) groups is 2. The Morgan fingerprint density at radius 1 is 1.17 bits per heavy atom. The molecule has 2 fully saturated rings. The average molecular weight is 525 g/mol. The predicted octanol–water partition coefficient (Wildman–Crippen LogP) is 6.37. The van der Waals surface area contributed by atoms with Gasteiger partial charge in [0.15, 0.2) is 18.1 Å². The van der Waals surface area contributed by atoms with Gasteiger partial charge in [0.2, 0.25) is 0 Å². The highest BCUT2D eigenvalue weighted by Crippen LogP contribution is 2.38. The quantitative estimate of drug-likeness (QED) is 0.320. The van der Waals surface area contributed by atoms with Crippen molar-refractivity contribution in [3.05, 3.63) is 58.5 Å². The van der Waals surface area contributed by atoms with Gasteiger partial charge in [0.1, 0.15) is 4.32 Å². The lowest BCUT2D eigenvalue weighted by Crippen LogP contribution is -2.39. The van der Waals surface area contributed by atoms with E-state index in [1.807, 2.05) is 36.4 Å². The van der Waals surface area contributed by atoms with Gasteiger partial charge >= 0.3 is 0 Å². The van der Waals surface area contributed by atoms with E-state index in [2.05, 4.69) is 19.2 Å². The van der Waals surface area contributed by atoms with Crippen LogP contribution in [0.15, 0.2) is 47.4 Å². The average Bonchev–Trinajstić information content (AvgIpc) is 3.16. The SMILES string of the molecule is COc1cc(/C=C2/SC(=S)N(C3CCCCC3)C2=O)ccc1OCC(=O)Nc1ccccc1C(C)C. The summed E-state index contributed by atoms with van der Waals surface area (Å²) >= 11 is 6.88. The molecule has 36 heavy (non-hydrogen) atoms. The minimum atomic E-state index is -0.249. The van der Waals surface area contributed by atoms with Crippen molar-refractivity contribution < 1.29 is 19.1 Å². The number of amides is 2. The van der Waals surface area contributed by atoms with Crippen LogP contribution < -0.4 is 14.8 Å². The maximum atomic E-state index is 13.1. The predicted molar refractivity (Wildman–Crippen MR) is 150 cm³/mol. The summed E-state index contributed by atoms with van der Waals surface area (Å²) in [6, 6.07) is 13.4. The molecule has 4 rings (SSSR count). The molecule has 1 aliphatic heterocycles.